The van der Waals surface area contributed by atoms with Gasteiger partial charge in [0.1, 0.15) is 23.7 Å². The molecule has 0 bridgehead atoms. The van der Waals surface area contributed by atoms with Gasteiger partial charge in [-0.3, -0.25) is 9.78 Å². The lowest BCUT2D eigenvalue weighted by Gasteiger charge is -2.13. The Morgan fingerprint density at radius 2 is 2.03 bits per heavy atom. The molecule has 0 aliphatic carbocycles. The summed E-state index contributed by atoms with van der Waals surface area (Å²) >= 11 is 6.39. The van der Waals surface area contributed by atoms with Crippen molar-refractivity contribution in [2.45, 2.75) is 19.6 Å². The molecule has 10 nitrogen and oxygen atoms in total. The number of aromatic amines is 1. The summed E-state index contributed by atoms with van der Waals surface area (Å²) in [6.07, 6.45) is 4.48. The number of pyridine rings is 1. The Hall–Kier alpha value is -4.38. The third-order valence-electron chi connectivity index (χ3n) is 5.20. The van der Waals surface area contributed by atoms with Crippen LogP contribution in [0.15, 0.2) is 59.6 Å². The number of nitrogens with one attached hydrogen (secondary N) is 3. The first kappa shape index (κ1) is 22.4. The minimum atomic E-state index is -0.564. The van der Waals surface area contributed by atoms with E-state index in [0.717, 1.165) is 0 Å². The van der Waals surface area contributed by atoms with Gasteiger partial charge >= 0.3 is 0 Å². The summed E-state index contributed by atoms with van der Waals surface area (Å²) in [4.78, 5) is 32.5. The molecule has 0 saturated carbocycles. The molecule has 176 valence electrons. The van der Waals surface area contributed by atoms with Crippen molar-refractivity contribution in [3.05, 3.63) is 77.1 Å². The van der Waals surface area contributed by atoms with Crippen molar-refractivity contribution in [3.8, 4) is 11.6 Å². The number of alkyl halides is 1. The highest BCUT2D eigenvalue weighted by Crippen LogP contribution is 2.27. The minimum absolute atomic E-state index is 0.00902. The fourth-order valence-corrected chi connectivity index (χ4v) is 3.62. The Morgan fingerprint density at radius 1 is 1.20 bits per heavy atom. The summed E-state index contributed by atoms with van der Waals surface area (Å²) in [6.45, 7) is 1.18. The second-order valence-corrected chi connectivity index (χ2v) is 8.01. The number of anilines is 2. The van der Waals surface area contributed by atoms with Gasteiger partial charge in [0.25, 0.3) is 5.91 Å². The van der Waals surface area contributed by atoms with Crippen LogP contribution in [0.1, 0.15) is 34.7 Å². The van der Waals surface area contributed by atoms with Gasteiger partial charge in [-0.05, 0) is 36.8 Å². The molecule has 0 aliphatic rings. The molecule has 5 rings (SSSR count). The maximum Gasteiger partial charge on any atom is 0.272 e. The molecule has 0 radical (unpaired) electrons. The number of imidazole rings is 1. The maximum atomic E-state index is 12.9. The van der Waals surface area contributed by atoms with Crippen molar-refractivity contribution in [1.29, 1.82) is 0 Å². The van der Waals surface area contributed by atoms with Crippen molar-refractivity contribution in [2.24, 2.45) is 0 Å². The molecular formula is C23H18ClFN8O2. The molecule has 0 saturated heterocycles. The monoisotopic (exact) mass is 492 g/mol. The lowest BCUT2D eigenvalue weighted by Crippen LogP contribution is -2.28. The standard InChI is InChI=1S/C23H18ClFN8O2/c1-12(16-9-18(35-33-16)21-31-15-3-2-13(10-25)8-17(15)32-21)29-23(34)20-19(24)22(28-11-27-20)30-14-4-6-26-7-5-14/h2-9,11-12H,10H2,1H3,(H,29,34)(H,31,32)(H,26,27,28,30)/t12-/m1/s1. The van der Waals surface area contributed by atoms with Crippen molar-refractivity contribution < 1.29 is 13.7 Å². The van der Waals surface area contributed by atoms with Crippen LogP contribution in [0.2, 0.25) is 5.02 Å². The molecule has 0 unspecified atom stereocenters. The number of H-pyrrole nitrogens is 1. The van der Waals surface area contributed by atoms with Gasteiger partial charge in [-0.15, -0.1) is 0 Å². The number of aromatic nitrogens is 6. The van der Waals surface area contributed by atoms with Crippen LogP contribution < -0.4 is 10.6 Å². The van der Waals surface area contributed by atoms with Crippen LogP contribution in [0, 0.1) is 0 Å². The molecule has 1 amide bonds. The molecular weight excluding hydrogens is 475 g/mol. The summed E-state index contributed by atoms with van der Waals surface area (Å²) in [5, 5.41) is 9.95. The Morgan fingerprint density at radius 3 is 2.83 bits per heavy atom. The molecule has 4 heterocycles. The zero-order valence-corrected chi connectivity index (χ0v) is 19.0. The van der Waals surface area contributed by atoms with Gasteiger partial charge in [0, 0.05) is 24.1 Å². The Bertz CT molecular complexity index is 1500. The molecule has 3 N–H and O–H groups in total. The SMILES string of the molecule is C[C@@H](NC(=O)c1ncnc(Nc2ccncc2)c1Cl)c1cc(-c2nc3ccc(CF)cc3[nH]2)on1. The maximum absolute atomic E-state index is 12.9. The molecule has 4 aromatic heterocycles. The topological polar surface area (TPSA) is 135 Å². The van der Waals surface area contributed by atoms with Gasteiger partial charge in [0.05, 0.1) is 17.1 Å². The van der Waals surface area contributed by atoms with Gasteiger partial charge in [0.15, 0.2) is 17.3 Å². The largest absolute Gasteiger partial charge is 0.353 e. The van der Waals surface area contributed by atoms with Gasteiger partial charge in [0.2, 0.25) is 5.76 Å². The molecule has 35 heavy (non-hydrogen) atoms. The second-order valence-electron chi connectivity index (χ2n) is 7.63. The van der Waals surface area contributed by atoms with Crippen LogP contribution in [0.4, 0.5) is 15.9 Å². The average Bonchev–Trinajstić information content (AvgIpc) is 3.53. The van der Waals surface area contributed by atoms with E-state index >= 15 is 0 Å². The van der Waals surface area contributed by atoms with E-state index in [2.05, 4.69) is 40.7 Å². The van der Waals surface area contributed by atoms with Crippen molar-refractivity contribution in [2.75, 3.05) is 5.32 Å². The number of rotatable bonds is 7. The van der Waals surface area contributed by atoms with E-state index in [1.54, 1.807) is 55.7 Å². The normalized spacial score (nSPS) is 12.0. The fraction of sp³-hybridized carbons (Fsp3) is 0.130. The van der Waals surface area contributed by atoms with Crippen LogP contribution in [0.25, 0.3) is 22.6 Å². The van der Waals surface area contributed by atoms with E-state index in [4.69, 9.17) is 16.1 Å². The van der Waals surface area contributed by atoms with Crippen LogP contribution in [0.3, 0.4) is 0 Å². The third-order valence-corrected chi connectivity index (χ3v) is 5.56. The zero-order valence-electron chi connectivity index (χ0n) is 18.3. The highest BCUT2D eigenvalue weighted by atomic mass is 35.5. The predicted molar refractivity (Wildman–Crippen MR) is 127 cm³/mol. The van der Waals surface area contributed by atoms with Gasteiger partial charge < -0.3 is 20.1 Å². The van der Waals surface area contributed by atoms with E-state index in [-0.39, 0.29) is 16.5 Å². The number of fused-ring (bicyclic) bond motifs is 1. The first-order valence-electron chi connectivity index (χ1n) is 10.5. The predicted octanol–water partition coefficient (Wildman–Crippen LogP) is 4.76. The number of carbonyl (C=O) groups is 1. The second kappa shape index (κ2) is 9.47. The molecule has 1 atom stereocenters. The third kappa shape index (κ3) is 4.66. The number of benzene rings is 1. The number of hydrogen-bond donors (Lipinski definition) is 3. The molecule has 0 spiro atoms. The molecule has 0 fully saturated rings. The number of amides is 1. The van der Waals surface area contributed by atoms with Gasteiger partial charge in [-0.1, -0.05) is 22.8 Å². The van der Waals surface area contributed by atoms with E-state index in [1.165, 1.54) is 6.33 Å². The van der Waals surface area contributed by atoms with Gasteiger partial charge in [-0.2, -0.15) is 0 Å². The first-order valence-corrected chi connectivity index (χ1v) is 10.9. The first-order chi connectivity index (χ1) is 17.0. The van der Waals surface area contributed by atoms with Crippen LogP contribution >= 0.6 is 11.6 Å². The lowest BCUT2D eigenvalue weighted by atomic mass is 10.2. The average molecular weight is 493 g/mol. The summed E-state index contributed by atoms with van der Waals surface area (Å²) < 4.78 is 18.3. The zero-order chi connectivity index (χ0) is 24.4. The molecule has 1 aromatic carbocycles. The van der Waals surface area contributed by atoms with E-state index in [9.17, 15) is 9.18 Å². The molecule has 0 aliphatic heterocycles. The number of carbonyl (C=O) groups excluding carboxylic acids is 1. The van der Waals surface area contributed by atoms with Crippen molar-refractivity contribution >= 4 is 40.0 Å². The Balaban J connectivity index is 1.31. The highest BCUT2D eigenvalue weighted by Gasteiger charge is 2.21. The molecule has 12 heteroatoms. The summed E-state index contributed by atoms with van der Waals surface area (Å²) in [6, 6.07) is 9.71. The molecule has 5 aromatic rings. The Kier molecular flexibility index (Phi) is 6.06. The Labute approximate surface area is 203 Å². The number of halogens is 2. The number of nitrogens with zero attached hydrogens (tertiary/aromatic N) is 5. The highest BCUT2D eigenvalue weighted by molar-refractivity contribution is 6.35. The van der Waals surface area contributed by atoms with E-state index < -0.39 is 18.6 Å². The quantitative estimate of drug-likeness (QED) is 0.296. The summed E-state index contributed by atoms with van der Waals surface area (Å²) in [7, 11) is 0. The van der Waals surface area contributed by atoms with Gasteiger partial charge in [-0.25, -0.2) is 19.3 Å². The summed E-state index contributed by atoms with van der Waals surface area (Å²) in [5.41, 5.74) is 3.09. The lowest BCUT2D eigenvalue weighted by molar-refractivity contribution is 0.0933. The van der Waals surface area contributed by atoms with E-state index in [1.807, 2.05) is 0 Å². The van der Waals surface area contributed by atoms with E-state index in [0.29, 0.717) is 39.6 Å². The van der Waals surface area contributed by atoms with Crippen LogP contribution in [-0.4, -0.2) is 36.0 Å². The minimum Gasteiger partial charge on any atom is -0.353 e. The van der Waals surface area contributed by atoms with Crippen molar-refractivity contribution in [3.63, 3.8) is 0 Å². The summed E-state index contributed by atoms with van der Waals surface area (Å²) in [5.74, 6) is 0.604. The van der Waals surface area contributed by atoms with Crippen LogP contribution in [-0.2, 0) is 6.67 Å². The smallest absolute Gasteiger partial charge is 0.272 e. The number of hydrogen-bond acceptors (Lipinski definition) is 8. The van der Waals surface area contributed by atoms with Crippen LogP contribution in [0.5, 0.6) is 0 Å². The van der Waals surface area contributed by atoms with Crippen molar-refractivity contribution in [1.82, 2.24) is 35.4 Å². The fourth-order valence-electron chi connectivity index (χ4n) is 3.39.